The standard InChI is InChI=1S/C16H17N3OS/c1-10-19-15-8-14(13(17)7-16(15)21-10)18-9-11-3-5-12(20-2)6-4-11/h3-8,18H,9,17H2,1-2H3. The van der Waals surface area contributed by atoms with E-state index in [1.807, 2.05) is 43.3 Å². The molecule has 0 fully saturated rings. The second-order valence-corrected chi connectivity index (χ2v) is 6.08. The van der Waals surface area contributed by atoms with Crippen molar-refractivity contribution >= 4 is 32.9 Å². The minimum Gasteiger partial charge on any atom is -0.497 e. The first-order chi connectivity index (χ1) is 10.2. The summed E-state index contributed by atoms with van der Waals surface area (Å²) in [4.78, 5) is 4.50. The van der Waals surface area contributed by atoms with E-state index < -0.39 is 0 Å². The molecule has 0 aliphatic rings. The maximum absolute atomic E-state index is 6.10. The van der Waals surface area contributed by atoms with E-state index in [0.717, 1.165) is 32.3 Å². The van der Waals surface area contributed by atoms with Gasteiger partial charge in [0.15, 0.2) is 0 Å². The maximum Gasteiger partial charge on any atom is 0.118 e. The number of fused-ring (bicyclic) bond motifs is 1. The first-order valence-electron chi connectivity index (χ1n) is 6.69. The molecule has 0 aliphatic heterocycles. The number of thiazole rings is 1. The van der Waals surface area contributed by atoms with Gasteiger partial charge in [-0.25, -0.2) is 4.98 Å². The minimum atomic E-state index is 0.711. The number of ether oxygens (including phenoxy) is 1. The Labute approximate surface area is 127 Å². The molecular weight excluding hydrogens is 282 g/mol. The van der Waals surface area contributed by atoms with Crippen molar-refractivity contribution in [3.8, 4) is 5.75 Å². The number of hydrogen-bond donors (Lipinski definition) is 2. The molecule has 2 aromatic carbocycles. The van der Waals surface area contributed by atoms with Crippen molar-refractivity contribution < 1.29 is 4.74 Å². The summed E-state index contributed by atoms with van der Waals surface area (Å²) >= 11 is 1.66. The number of nitrogens with one attached hydrogen (secondary N) is 1. The average molecular weight is 299 g/mol. The molecule has 0 amide bonds. The number of nitrogens with zero attached hydrogens (tertiary/aromatic N) is 1. The molecule has 4 nitrogen and oxygen atoms in total. The van der Waals surface area contributed by atoms with Gasteiger partial charge in [0.2, 0.25) is 0 Å². The Balaban J connectivity index is 1.78. The quantitative estimate of drug-likeness (QED) is 0.719. The van der Waals surface area contributed by atoms with Crippen molar-refractivity contribution in [1.82, 2.24) is 4.98 Å². The Morgan fingerprint density at radius 2 is 2.00 bits per heavy atom. The highest BCUT2D eigenvalue weighted by molar-refractivity contribution is 7.18. The Morgan fingerprint density at radius 1 is 1.24 bits per heavy atom. The summed E-state index contributed by atoms with van der Waals surface area (Å²) in [6, 6.07) is 12.0. The van der Waals surface area contributed by atoms with Gasteiger partial charge in [-0.1, -0.05) is 12.1 Å². The minimum absolute atomic E-state index is 0.711. The van der Waals surface area contributed by atoms with Gasteiger partial charge in [0.25, 0.3) is 0 Å². The Hall–Kier alpha value is -2.27. The van der Waals surface area contributed by atoms with E-state index in [0.29, 0.717) is 6.54 Å². The molecule has 0 aliphatic carbocycles. The Bertz CT molecular complexity index is 765. The van der Waals surface area contributed by atoms with Gasteiger partial charge < -0.3 is 15.8 Å². The lowest BCUT2D eigenvalue weighted by atomic mass is 10.2. The van der Waals surface area contributed by atoms with E-state index in [9.17, 15) is 0 Å². The van der Waals surface area contributed by atoms with Gasteiger partial charge in [0.05, 0.1) is 33.7 Å². The summed E-state index contributed by atoms with van der Waals surface area (Å²) in [7, 11) is 1.67. The molecule has 5 heteroatoms. The van der Waals surface area contributed by atoms with E-state index in [4.69, 9.17) is 10.5 Å². The van der Waals surface area contributed by atoms with Gasteiger partial charge in [-0.3, -0.25) is 0 Å². The van der Waals surface area contributed by atoms with Gasteiger partial charge in [0.1, 0.15) is 5.75 Å². The van der Waals surface area contributed by atoms with Crippen molar-refractivity contribution in [3.05, 3.63) is 47.0 Å². The zero-order chi connectivity index (χ0) is 14.8. The molecule has 0 saturated carbocycles. The molecule has 0 atom stereocenters. The van der Waals surface area contributed by atoms with Crippen molar-refractivity contribution in [1.29, 1.82) is 0 Å². The van der Waals surface area contributed by atoms with Gasteiger partial charge in [-0.05, 0) is 36.8 Å². The summed E-state index contributed by atoms with van der Waals surface area (Å²) in [5.74, 6) is 0.859. The predicted octanol–water partition coefficient (Wildman–Crippen LogP) is 3.81. The third-order valence-electron chi connectivity index (χ3n) is 3.31. The molecule has 0 spiro atoms. The molecule has 0 bridgehead atoms. The van der Waals surface area contributed by atoms with Crippen LogP contribution < -0.4 is 15.8 Å². The Morgan fingerprint density at radius 3 is 2.71 bits per heavy atom. The first-order valence-corrected chi connectivity index (χ1v) is 7.51. The second-order valence-electron chi connectivity index (χ2n) is 4.84. The van der Waals surface area contributed by atoms with Crippen molar-refractivity contribution in [2.75, 3.05) is 18.2 Å². The largest absolute Gasteiger partial charge is 0.497 e. The Kier molecular flexibility index (Phi) is 3.66. The van der Waals surface area contributed by atoms with Crippen LogP contribution in [0.3, 0.4) is 0 Å². The molecule has 0 unspecified atom stereocenters. The van der Waals surface area contributed by atoms with E-state index >= 15 is 0 Å². The van der Waals surface area contributed by atoms with Crippen LogP contribution >= 0.6 is 11.3 Å². The summed E-state index contributed by atoms with van der Waals surface area (Å²) in [5, 5.41) is 4.42. The van der Waals surface area contributed by atoms with Crippen LogP contribution in [-0.2, 0) is 6.54 Å². The lowest BCUT2D eigenvalue weighted by molar-refractivity contribution is 0.414. The zero-order valence-electron chi connectivity index (χ0n) is 12.0. The van der Waals surface area contributed by atoms with Crippen LogP contribution in [0.2, 0.25) is 0 Å². The molecule has 0 radical (unpaired) electrons. The molecule has 1 heterocycles. The van der Waals surface area contributed by atoms with Crippen LogP contribution in [0.25, 0.3) is 10.2 Å². The average Bonchev–Trinajstić information content (AvgIpc) is 2.84. The van der Waals surface area contributed by atoms with Gasteiger partial charge in [-0.15, -0.1) is 11.3 Å². The number of anilines is 2. The maximum atomic E-state index is 6.10. The number of aryl methyl sites for hydroxylation is 1. The number of nitrogens with two attached hydrogens (primary N) is 1. The molecule has 1 aromatic heterocycles. The van der Waals surface area contributed by atoms with Crippen LogP contribution in [0, 0.1) is 6.92 Å². The van der Waals surface area contributed by atoms with E-state index in [-0.39, 0.29) is 0 Å². The van der Waals surface area contributed by atoms with Crippen LogP contribution in [0.15, 0.2) is 36.4 Å². The van der Waals surface area contributed by atoms with Crippen LogP contribution in [0.1, 0.15) is 10.6 Å². The summed E-state index contributed by atoms with van der Waals surface area (Å²) in [6.45, 7) is 2.72. The van der Waals surface area contributed by atoms with Gasteiger partial charge in [-0.2, -0.15) is 0 Å². The van der Waals surface area contributed by atoms with Crippen LogP contribution in [-0.4, -0.2) is 12.1 Å². The number of benzene rings is 2. The summed E-state index contributed by atoms with van der Waals surface area (Å²) in [5.41, 5.74) is 9.93. The normalized spacial score (nSPS) is 10.8. The smallest absolute Gasteiger partial charge is 0.118 e. The number of hydrogen-bond acceptors (Lipinski definition) is 5. The number of nitrogen functional groups attached to an aromatic ring is 1. The molecule has 3 N–H and O–H groups in total. The monoisotopic (exact) mass is 299 g/mol. The molecule has 108 valence electrons. The molecular formula is C16H17N3OS. The highest BCUT2D eigenvalue weighted by Crippen LogP contribution is 2.30. The third kappa shape index (κ3) is 2.92. The SMILES string of the molecule is COc1ccc(CNc2cc3nc(C)sc3cc2N)cc1. The molecule has 3 rings (SSSR count). The zero-order valence-corrected chi connectivity index (χ0v) is 12.8. The van der Waals surface area contributed by atoms with Gasteiger partial charge >= 0.3 is 0 Å². The second kappa shape index (κ2) is 5.61. The molecule has 0 saturated heterocycles. The number of rotatable bonds is 4. The summed E-state index contributed by atoms with van der Waals surface area (Å²) in [6.07, 6.45) is 0. The van der Waals surface area contributed by atoms with Gasteiger partial charge in [0, 0.05) is 6.54 Å². The van der Waals surface area contributed by atoms with E-state index in [2.05, 4.69) is 10.3 Å². The number of aromatic nitrogens is 1. The van der Waals surface area contributed by atoms with Crippen LogP contribution in [0.5, 0.6) is 5.75 Å². The highest BCUT2D eigenvalue weighted by atomic mass is 32.1. The molecule has 3 aromatic rings. The molecule has 21 heavy (non-hydrogen) atoms. The van der Waals surface area contributed by atoms with Crippen LogP contribution in [0.4, 0.5) is 11.4 Å². The third-order valence-corrected chi connectivity index (χ3v) is 4.24. The topological polar surface area (TPSA) is 60.2 Å². The fraction of sp³-hybridized carbons (Fsp3) is 0.188. The summed E-state index contributed by atoms with van der Waals surface area (Å²) < 4.78 is 6.28. The fourth-order valence-corrected chi connectivity index (χ4v) is 3.06. The van der Waals surface area contributed by atoms with Crippen molar-refractivity contribution in [3.63, 3.8) is 0 Å². The van der Waals surface area contributed by atoms with Crippen molar-refractivity contribution in [2.24, 2.45) is 0 Å². The fourth-order valence-electron chi connectivity index (χ4n) is 2.20. The lowest BCUT2D eigenvalue weighted by Crippen LogP contribution is -2.02. The van der Waals surface area contributed by atoms with E-state index in [1.165, 1.54) is 5.56 Å². The first kappa shape index (κ1) is 13.7. The van der Waals surface area contributed by atoms with E-state index in [1.54, 1.807) is 18.4 Å². The van der Waals surface area contributed by atoms with Crippen molar-refractivity contribution in [2.45, 2.75) is 13.5 Å². The highest BCUT2D eigenvalue weighted by Gasteiger charge is 2.06. The lowest BCUT2D eigenvalue weighted by Gasteiger charge is -2.10. The number of methoxy groups -OCH3 is 1. The predicted molar refractivity (Wildman–Crippen MR) is 89.1 cm³/mol.